The molecule has 0 N–H and O–H groups in total. The van der Waals surface area contributed by atoms with Gasteiger partial charge in [-0.05, 0) is 18.8 Å². The van der Waals surface area contributed by atoms with Crippen LogP contribution in [-0.2, 0) is 14.3 Å². The number of carbonyl (C=O) groups excluding carboxylic acids is 1. The van der Waals surface area contributed by atoms with E-state index in [9.17, 15) is 4.79 Å². The number of ether oxygens (including phenoxy) is 2. The van der Waals surface area contributed by atoms with Crippen molar-refractivity contribution in [1.29, 1.82) is 0 Å². The van der Waals surface area contributed by atoms with Crippen LogP contribution >= 0.6 is 0 Å². The first-order valence-electron chi connectivity index (χ1n) is 6.98. The lowest BCUT2D eigenvalue weighted by atomic mass is 9.87. The van der Waals surface area contributed by atoms with Gasteiger partial charge in [-0.1, -0.05) is 46.0 Å². The number of esters is 1. The molecule has 0 spiro atoms. The van der Waals surface area contributed by atoms with Crippen LogP contribution in [-0.4, -0.2) is 19.4 Å². The molecule has 0 saturated heterocycles. The van der Waals surface area contributed by atoms with Crippen molar-refractivity contribution in [2.75, 3.05) is 13.4 Å². The van der Waals surface area contributed by atoms with Crippen LogP contribution in [0.25, 0.3) is 0 Å². The minimum atomic E-state index is -0.148. The highest BCUT2D eigenvalue weighted by molar-refractivity contribution is 5.71. The number of carbonyl (C=O) groups is 1. The van der Waals surface area contributed by atoms with E-state index in [4.69, 9.17) is 9.47 Å². The largest absolute Gasteiger partial charge is 0.438 e. The highest BCUT2D eigenvalue weighted by Gasteiger charge is 2.14. The van der Waals surface area contributed by atoms with Crippen LogP contribution < -0.4 is 0 Å². The molecule has 0 aromatic rings. The lowest BCUT2D eigenvalue weighted by molar-refractivity contribution is -0.161. The lowest BCUT2D eigenvalue weighted by Gasteiger charge is -2.21. The van der Waals surface area contributed by atoms with Crippen LogP contribution in [0, 0.1) is 11.8 Å². The summed E-state index contributed by atoms with van der Waals surface area (Å²) in [5, 5.41) is 0. The molecule has 17 heavy (non-hydrogen) atoms. The Balaban J connectivity index is 1.95. The van der Waals surface area contributed by atoms with Crippen molar-refractivity contribution < 1.29 is 14.3 Å². The first kappa shape index (κ1) is 14.5. The zero-order valence-corrected chi connectivity index (χ0v) is 11.2. The minimum absolute atomic E-state index is 0.0167. The number of hydrogen-bond donors (Lipinski definition) is 0. The second-order valence-corrected chi connectivity index (χ2v) is 5.09. The molecule has 1 aliphatic rings. The lowest BCUT2D eigenvalue weighted by Crippen LogP contribution is -2.17. The smallest absolute Gasteiger partial charge is 0.310 e. The maximum absolute atomic E-state index is 11.3. The van der Waals surface area contributed by atoms with Gasteiger partial charge in [0.25, 0.3) is 0 Å². The van der Waals surface area contributed by atoms with Gasteiger partial charge in [0.15, 0.2) is 6.79 Å². The Morgan fingerprint density at radius 2 is 2.00 bits per heavy atom. The van der Waals surface area contributed by atoms with Gasteiger partial charge in [-0.25, -0.2) is 0 Å². The van der Waals surface area contributed by atoms with Crippen LogP contribution in [0.4, 0.5) is 0 Å². The van der Waals surface area contributed by atoms with E-state index in [2.05, 4.69) is 0 Å². The fourth-order valence-electron chi connectivity index (χ4n) is 2.19. The third-order valence-electron chi connectivity index (χ3n) is 3.69. The average Bonchev–Trinajstić information content (AvgIpc) is 2.38. The molecule has 0 radical (unpaired) electrons. The van der Waals surface area contributed by atoms with Crippen LogP contribution in [0.15, 0.2) is 0 Å². The van der Waals surface area contributed by atoms with Gasteiger partial charge in [-0.2, -0.15) is 0 Å². The van der Waals surface area contributed by atoms with E-state index >= 15 is 0 Å². The zero-order valence-electron chi connectivity index (χ0n) is 11.2. The van der Waals surface area contributed by atoms with E-state index in [1.807, 2.05) is 13.8 Å². The molecule has 0 aliphatic heterocycles. The van der Waals surface area contributed by atoms with Crippen LogP contribution in [0.1, 0.15) is 58.8 Å². The number of rotatable bonds is 7. The van der Waals surface area contributed by atoms with E-state index in [1.165, 1.54) is 32.1 Å². The van der Waals surface area contributed by atoms with E-state index in [0.29, 0.717) is 0 Å². The van der Waals surface area contributed by atoms with Crippen molar-refractivity contribution in [3.63, 3.8) is 0 Å². The Hall–Kier alpha value is -0.570. The summed E-state index contributed by atoms with van der Waals surface area (Å²) in [7, 11) is 0. The predicted octanol–water partition coefficient (Wildman–Crippen LogP) is 3.52. The summed E-state index contributed by atoms with van der Waals surface area (Å²) < 4.78 is 10.4. The van der Waals surface area contributed by atoms with Crippen molar-refractivity contribution in [2.45, 2.75) is 58.8 Å². The highest BCUT2D eigenvalue weighted by Crippen LogP contribution is 2.25. The van der Waals surface area contributed by atoms with E-state index < -0.39 is 0 Å². The van der Waals surface area contributed by atoms with Gasteiger partial charge < -0.3 is 9.47 Å². The van der Waals surface area contributed by atoms with Crippen molar-refractivity contribution in [3.05, 3.63) is 0 Å². The normalized spacial score (nSPS) is 18.9. The van der Waals surface area contributed by atoms with Crippen LogP contribution in [0.3, 0.4) is 0 Å². The van der Waals surface area contributed by atoms with Gasteiger partial charge in [0.2, 0.25) is 0 Å². The molecule has 1 aliphatic carbocycles. The van der Waals surface area contributed by atoms with Crippen molar-refractivity contribution >= 4 is 5.97 Å². The van der Waals surface area contributed by atoms with Gasteiger partial charge >= 0.3 is 5.97 Å². The Kier molecular flexibility index (Phi) is 7.25. The third-order valence-corrected chi connectivity index (χ3v) is 3.69. The molecule has 3 nitrogen and oxygen atoms in total. The summed E-state index contributed by atoms with van der Waals surface area (Å²) in [6.45, 7) is 4.70. The first-order valence-corrected chi connectivity index (χ1v) is 6.98. The summed E-state index contributed by atoms with van der Waals surface area (Å²) in [6.07, 6.45) is 8.75. The second kappa shape index (κ2) is 8.51. The molecular weight excluding hydrogens is 216 g/mol. The highest BCUT2D eigenvalue weighted by atomic mass is 16.7. The molecule has 1 atom stereocenters. The Labute approximate surface area is 105 Å². The standard InChI is InChI=1S/C14H26O3/c1-3-12(2)14(15)17-11-16-10-9-13-7-5-4-6-8-13/h12-13H,3-11H2,1-2H3. The van der Waals surface area contributed by atoms with Crippen molar-refractivity contribution in [1.82, 2.24) is 0 Å². The molecule has 0 bridgehead atoms. The fraction of sp³-hybridized carbons (Fsp3) is 0.929. The zero-order chi connectivity index (χ0) is 12.5. The molecule has 3 heteroatoms. The maximum atomic E-state index is 11.3. The second-order valence-electron chi connectivity index (χ2n) is 5.09. The quantitative estimate of drug-likeness (QED) is 0.389. The van der Waals surface area contributed by atoms with Gasteiger partial charge in [0.05, 0.1) is 12.5 Å². The maximum Gasteiger partial charge on any atom is 0.310 e. The Bertz CT molecular complexity index is 210. The average molecular weight is 242 g/mol. The summed E-state index contributed by atoms with van der Waals surface area (Å²) in [4.78, 5) is 11.3. The monoisotopic (exact) mass is 242 g/mol. The van der Waals surface area contributed by atoms with Crippen molar-refractivity contribution in [3.8, 4) is 0 Å². The Morgan fingerprint density at radius 1 is 1.29 bits per heavy atom. The molecule has 0 aromatic carbocycles. The first-order chi connectivity index (χ1) is 8.24. The molecule has 1 saturated carbocycles. The van der Waals surface area contributed by atoms with Gasteiger partial charge in [0, 0.05) is 0 Å². The molecule has 0 heterocycles. The van der Waals surface area contributed by atoms with Crippen LogP contribution in [0.5, 0.6) is 0 Å². The van der Waals surface area contributed by atoms with Crippen molar-refractivity contribution in [2.24, 2.45) is 11.8 Å². The van der Waals surface area contributed by atoms with Gasteiger partial charge in [-0.3, -0.25) is 4.79 Å². The minimum Gasteiger partial charge on any atom is -0.438 e. The topological polar surface area (TPSA) is 35.5 Å². The molecule has 0 aromatic heterocycles. The fourth-order valence-corrected chi connectivity index (χ4v) is 2.19. The molecule has 1 unspecified atom stereocenters. The summed E-state index contributed by atoms with van der Waals surface area (Å²) in [5.74, 6) is 0.663. The van der Waals surface area contributed by atoms with Gasteiger partial charge in [0.1, 0.15) is 0 Å². The summed E-state index contributed by atoms with van der Waals surface area (Å²) in [5.41, 5.74) is 0. The van der Waals surface area contributed by atoms with Gasteiger partial charge in [-0.15, -0.1) is 0 Å². The van der Waals surface area contributed by atoms with Crippen LogP contribution in [0.2, 0.25) is 0 Å². The van der Waals surface area contributed by atoms with E-state index in [-0.39, 0.29) is 18.7 Å². The van der Waals surface area contributed by atoms with E-state index in [0.717, 1.165) is 25.4 Å². The molecule has 100 valence electrons. The van der Waals surface area contributed by atoms with E-state index in [1.54, 1.807) is 0 Å². The molecule has 1 fully saturated rings. The summed E-state index contributed by atoms with van der Waals surface area (Å²) in [6, 6.07) is 0. The third kappa shape index (κ3) is 6.06. The molecule has 0 amide bonds. The Morgan fingerprint density at radius 3 is 2.65 bits per heavy atom. The molecular formula is C14H26O3. The SMILES string of the molecule is CCC(C)C(=O)OCOCCC1CCCCC1. The predicted molar refractivity (Wildman–Crippen MR) is 67.6 cm³/mol. The summed E-state index contributed by atoms with van der Waals surface area (Å²) >= 11 is 0. The number of hydrogen-bond acceptors (Lipinski definition) is 3. The molecule has 1 rings (SSSR count).